The Bertz CT molecular complexity index is 236. The highest BCUT2D eigenvalue weighted by Gasteiger charge is 2.22. The highest BCUT2D eigenvalue weighted by atomic mass is 16.6. The van der Waals surface area contributed by atoms with E-state index in [1.165, 1.54) is 12.8 Å². The Hall–Kier alpha value is -0.770. The van der Waals surface area contributed by atoms with Crippen LogP contribution in [0.3, 0.4) is 0 Å². The summed E-state index contributed by atoms with van der Waals surface area (Å²) < 4.78 is 5.19. The molecule has 0 aromatic carbocycles. The number of carbonyl (C=O) groups excluding carboxylic acids is 1. The highest BCUT2D eigenvalue weighted by molar-refractivity contribution is 5.67. The average molecular weight is 228 g/mol. The van der Waals surface area contributed by atoms with Crippen molar-refractivity contribution in [3.63, 3.8) is 0 Å². The Morgan fingerprint density at radius 1 is 1.50 bits per heavy atom. The van der Waals surface area contributed by atoms with Crippen LogP contribution in [0.25, 0.3) is 0 Å². The topological polar surface area (TPSA) is 50.4 Å². The van der Waals surface area contributed by atoms with Gasteiger partial charge in [0.2, 0.25) is 0 Å². The van der Waals surface area contributed by atoms with E-state index in [0.717, 1.165) is 6.54 Å². The summed E-state index contributed by atoms with van der Waals surface area (Å²) in [5, 5.41) is 6.23. The predicted octanol–water partition coefficient (Wildman–Crippen LogP) is 1.90. The summed E-state index contributed by atoms with van der Waals surface area (Å²) in [5.74, 6) is 0.615. The van der Waals surface area contributed by atoms with Crippen molar-refractivity contribution in [2.45, 2.75) is 52.2 Å². The molecule has 1 aliphatic rings. The molecule has 0 saturated carbocycles. The van der Waals surface area contributed by atoms with Crippen molar-refractivity contribution in [2.24, 2.45) is 5.92 Å². The molecule has 0 bridgehead atoms. The van der Waals surface area contributed by atoms with Crippen molar-refractivity contribution < 1.29 is 9.53 Å². The van der Waals surface area contributed by atoms with Crippen LogP contribution in [-0.2, 0) is 4.74 Å². The largest absolute Gasteiger partial charge is 0.444 e. The average Bonchev–Trinajstić information content (AvgIpc) is 2.14. The minimum Gasteiger partial charge on any atom is -0.444 e. The standard InChI is InChI=1S/C12H24N2O2/c1-9-6-5-7-13-10(9)8-14-11(15)16-12(2,3)4/h9-10,13H,5-8H2,1-4H3,(H,14,15)/t9-,10?/m0/s1. The zero-order chi connectivity index (χ0) is 12.2. The van der Waals surface area contributed by atoms with Gasteiger partial charge >= 0.3 is 6.09 Å². The van der Waals surface area contributed by atoms with Crippen LogP contribution in [0.4, 0.5) is 4.79 Å². The fourth-order valence-corrected chi connectivity index (χ4v) is 1.89. The molecule has 0 aromatic heterocycles. The molecule has 1 aliphatic heterocycles. The van der Waals surface area contributed by atoms with Crippen molar-refractivity contribution >= 4 is 6.09 Å². The Labute approximate surface area is 98.1 Å². The van der Waals surface area contributed by atoms with Crippen LogP contribution in [0, 0.1) is 5.92 Å². The van der Waals surface area contributed by atoms with E-state index in [-0.39, 0.29) is 6.09 Å². The lowest BCUT2D eigenvalue weighted by Crippen LogP contribution is -2.48. The van der Waals surface area contributed by atoms with Gasteiger partial charge in [-0.2, -0.15) is 0 Å². The smallest absolute Gasteiger partial charge is 0.407 e. The van der Waals surface area contributed by atoms with Gasteiger partial charge in [-0.05, 0) is 46.1 Å². The Kier molecular flexibility index (Phi) is 4.59. The summed E-state index contributed by atoms with van der Waals surface area (Å²) in [7, 11) is 0. The van der Waals surface area contributed by atoms with Crippen LogP contribution in [0.5, 0.6) is 0 Å². The van der Waals surface area contributed by atoms with Crippen LogP contribution < -0.4 is 10.6 Å². The number of carbonyl (C=O) groups is 1. The molecule has 0 aliphatic carbocycles. The molecule has 1 amide bonds. The van der Waals surface area contributed by atoms with Gasteiger partial charge in [0.25, 0.3) is 0 Å². The van der Waals surface area contributed by atoms with E-state index < -0.39 is 5.60 Å². The summed E-state index contributed by atoms with van der Waals surface area (Å²) in [6.45, 7) is 9.52. The van der Waals surface area contributed by atoms with Crippen molar-refractivity contribution in [1.29, 1.82) is 0 Å². The van der Waals surface area contributed by atoms with Crippen LogP contribution >= 0.6 is 0 Å². The molecule has 0 spiro atoms. The number of nitrogens with one attached hydrogen (secondary N) is 2. The second-order valence-electron chi connectivity index (χ2n) is 5.56. The van der Waals surface area contributed by atoms with Crippen LogP contribution in [0.2, 0.25) is 0 Å². The minimum atomic E-state index is -0.421. The maximum absolute atomic E-state index is 11.4. The van der Waals surface area contributed by atoms with Gasteiger partial charge in [0.15, 0.2) is 0 Å². The molecule has 1 fully saturated rings. The molecule has 16 heavy (non-hydrogen) atoms. The molecule has 1 heterocycles. The monoisotopic (exact) mass is 228 g/mol. The quantitative estimate of drug-likeness (QED) is 0.759. The van der Waals surface area contributed by atoms with Gasteiger partial charge in [0.05, 0.1) is 0 Å². The van der Waals surface area contributed by atoms with Crippen LogP contribution in [-0.4, -0.2) is 30.8 Å². The maximum Gasteiger partial charge on any atom is 0.407 e. The van der Waals surface area contributed by atoms with E-state index in [4.69, 9.17) is 4.74 Å². The van der Waals surface area contributed by atoms with Crippen LogP contribution in [0.1, 0.15) is 40.5 Å². The van der Waals surface area contributed by atoms with E-state index in [1.54, 1.807) is 0 Å². The van der Waals surface area contributed by atoms with E-state index in [9.17, 15) is 4.79 Å². The summed E-state index contributed by atoms with van der Waals surface area (Å²) in [4.78, 5) is 11.4. The number of alkyl carbamates (subject to hydrolysis) is 1. The molecule has 4 nitrogen and oxygen atoms in total. The number of amides is 1. The lowest BCUT2D eigenvalue weighted by atomic mass is 9.93. The van der Waals surface area contributed by atoms with Crippen LogP contribution in [0.15, 0.2) is 0 Å². The summed E-state index contributed by atoms with van der Waals surface area (Å²) >= 11 is 0. The summed E-state index contributed by atoms with van der Waals surface area (Å²) in [6.07, 6.45) is 2.13. The second kappa shape index (κ2) is 5.53. The predicted molar refractivity (Wildman–Crippen MR) is 64.4 cm³/mol. The zero-order valence-corrected chi connectivity index (χ0v) is 10.8. The SMILES string of the molecule is C[C@H]1CCCNC1CNC(=O)OC(C)(C)C. The number of piperidine rings is 1. The number of hydrogen-bond donors (Lipinski definition) is 2. The molecule has 1 unspecified atom stereocenters. The Morgan fingerprint density at radius 2 is 2.19 bits per heavy atom. The minimum absolute atomic E-state index is 0.327. The van der Waals surface area contributed by atoms with Gasteiger partial charge in [-0.3, -0.25) is 0 Å². The number of ether oxygens (including phenoxy) is 1. The fraction of sp³-hybridized carbons (Fsp3) is 0.917. The van der Waals surface area contributed by atoms with Gasteiger partial charge < -0.3 is 15.4 Å². The maximum atomic E-state index is 11.4. The molecule has 2 atom stereocenters. The number of rotatable bonds is 2. The molecular formula is C12H24N2O2. The van der Waals surface area contributed by atoms with E-state index >= 15 is 0 Å². The van der Waals surface area contributed by atoms with Gasteiger partial charge in [-0.1, -0.05) is 6.92 Å². The first kappa shape index (κ1) is 13.3. The van der Waals surface area contributed by atoms with Gasteiger partial charge in [0.1, 0.15) is 5.60 Å². The molecular weight excluding hydrogens is 204 g/mol. The van der Waals surface area contributed by atoms with E-state index in [1.807, 2.05) is 20.8 Å². The number of hydrogen-bond acceptors (Lipinski definition) is 3. The van der Waals surface area contributed by atoms with Gasteiger partial charge in [-0.15, -0.1) is 0 Å². The fourth-order valence-electron chi connectivity index (χ4n) is 1.89. The molecule has 1 rings (SSSR count). The van der Waals surface area contributed by atoms with E-state index in [0.29, 0.717) is 18.5 Å². The molecule has 4 heteroatoms. The third kappa shape index (κ3) is 4.84. The molecule has 1 saturated heterocycles. The van der Waals surface area contributed by atoms with Gasteiger partial charge in [-0.25, -0.2) is 4.79 Å². The third-order valence-electron chi connectivity index (χ3n) is 2.79. The van der Waals surface area contributed by atoms with Gasteiger partial charge in [0, 0.05) is 12.6 Å². The molecule has 0 aromatic rings. The first-order valence-corrected chi connectivity index (χ1v) is 6.09. The molecule has 0 radical (unpaired) electrons. The summed E-state index contributed by atoms with van der Waals surface area (Å²) in [5.41, 5.74) is -0.421. The van der Waals surface area contributed by atoms with Crippen molar-refractivity contribution in [1.82, 2.24) is 10.6 Å². The van der Waals surface area contributed by atoms with Crippen molar-refractivity contribution in [3.05, 3.63) is 0 Å². The lowest BCUT2D eigenvalue weighted by molar-refractivity contribution is 0.0516. The van der Waals surface area contributed by atoms with Crippen molar-refractivity contribution in [3.8, 4) is 0 Å². The first-order valence-electron chi connectivity index (χ1n) is 6.09. The molecule has 94 valence electrons. The lowest BCUT2D eigenvalue weighted by Gasteiger charge is -2.30. The summed E-state index contributed by atoms with van der Waals surface area (Å²) in [6, 6.07) is 0.376. The highest BCUT2D eigenvalue weighted by Crippen LogP contribution is 2.15. The Morgan fingerprint density at radius 3 is 2.75 bits per heavy atom. The third-order valence-corrected chi connectivity index (χ3v) is 2.79. The normalized spacial score (nSPS) is 26.2. The Balaban J connectivity index is 2.25. The first-order chi connectivity index (χ1) is 7.38. The zero-order valence-electron chi connectivity index (χ0n) is 10.8. The second-order valence-corrected chi connectivity index (χ2v) is 5.56. The van der Waals surface area contributed by atoms with E-state index in [2.05, 4.69) is 17.6 Å². The van der Waals surface area contributed by atoms with Crippen molar-refractivity contribution in [2.75, 3.05) is 13.1 Å². The molecule has 2 N–H and O–H groups in total.